The lowest BCUT2D eigenvalue weighted by molar-refractivity contribution is 0.0901. The van der Waals surface area contributed by atoms with Crippen LogP contribution >= 0.6 is 0 Å². The summed E-state index contributed by atoms with van der Waals surface area (Å²) in [7, 11) is 0. The summed E-state index contributed by atoms with van der Waals surface area (Å²) in [6.45, 7) is 4.84. The molecule has 1 heterocycles. The first-order chi connectivity index (χ1) is 11.1. The maximum atomic E-state index is 12.3. The minimum atomic E-state index is -0.526. The third kappa shape index (κ3) is 5.45. The number of carbonyl (C=O) groups is 1. The van der Waals surface area contributed by atoms with Crippen LogP contribution in [-0.4, -0.2) is 23.7 Å². The number of para-hydroxylation sites is 1. The Morgan fingerprint density at radius 3 is 2.70 bits per heavy atom. The fourth-order valence-corrected chi connectivity index (χ4v) is 2.36. The van der Waals surface area contributed by atoms with Crippen molar-refractivity contribution in [3.05, 3.63) is 54.0 Å². The Morgan fingerprint density at radius 2 is 2.00 bits per heavy atom. The van der Waals surface area contributed by atoms with Crippen LogP contribution in [0.25, 0.3) is 0 Å². The van der Waals surface area contributed by atoms with Crippen molar-refractivity contribution in [2.75, 3.05) is 11.9 Å². The number of nitrogens with one attached hydrogen (secondary N) is 2. The van der Waals surface area contributed by atoms with Gasteiger partial charge in [-0.2, -0.15) is 0 Å². The monoisotopic (exact) mass is 316 g/mol. The van der Waals surface area contributed by atoms with Crippen molar-refractivity contribution >= 4 is 11.6 Å². The molecule has 1 amide bonds. The van der Waals surface area contributed by atoms with Crippen molar-refractivity contribution in [1.82, 2.24) is 5.32 Å². The van der Waals surface area contributed by atoms with E-state index in [2.05, 4.69) is 10.6 Å². The van der Waals surface area contributed by atoms with E-state index >= 15 is 0 Å². The van der Waals surface area contributed by atoms with E-state index in [1.807, 2.05) is 44.2 Å². The number of anilines is 1. The Balaban J connectivity index is 1.94. The van der Waals surface area contributed by atoms with Gasteiger partial charge >= 0.3 is 0 Å². The Kier molecular flexibility index (Phi) is 6.23. The van der Waals surface area contributed by atoms with Gasteiger partial charge in [-0.1, -0.05) is 26.0 Å². The zero-order valence-corrected chi connectivity index (χ0v) is 13.6. The van der Waals surface area contributed by atoms with Gasteiger partial charge in [-0.25, -0.2) is 0 Å². The number of amides is 1. The fourth-order valence-electron chi connectivity index (χ4n) is 2.36. The van der Waals surface area contributed by atoms with Gasteiger partial charge in [-0.3, -0.25) is 4.79 Å². The molecule has 1 unspecified atom stereocenters. The van der Waals surface area contributed by atoms with Crippen molar-refractivity contribution in [3.63, 3.8) is 0 Å². The third-order valence-electron chi connectivity index (χ3n) is 3.45. The van der Waals surface area contributed by atoms with E-state index in [9.17, 15) is 9.90 Å². The van der Waals surface area contributed by atoms with Crippen LogP contribution in [0.1, 0.15) is 36.4 Å². The molecule has 5 heteroatoms. The van der Waals surface area contributed by atoms with Gasteiger partial charge in [0.15, 0.2) is 0 Å². The summed E-state index contributed by atoms with van der Waals surface area (Å²) in [5.41, 5.74) is 1.29. The smallest absolute Gasteiger partial charge is 0.253 e. The first kappa shape index (κ1) is 17.1. The average Bonchev–Trinajstić information content (AvgIpc) is 3.03. The minimum absolute atomic E-state index is 0.199. The van der Waals surface area contributed by atoms with Crippen LogP contribution in [0.3, 0.4) is 0 Å². The van der Waals surface area contributed by atoms with Crippen LogP contribution in [0.15, 0.2) is 47.1 Å². The van der Waals surface area contributed by atoms with E-state index in [4.69, 9.17) is 4.42 Å². The lowest BCUT2D eigenvalue weighted by Gasteiger charge is -2.15. The fraction of sp³-hybridized carbons (Fsp3) is 0.389. The Hall–Kier alpha value is -2.27. The highest BCUT2D eigenvalue weighted by Crippen LogP contribution is 2.16. The molecule has 1 aromatic carbocycles. The summed E-state index contributed by atoms with van der Waals surface area (Å²) >= 11 is 0. The number of furan rings is 1. The number of rotatable bonds is 8. The molecule has 0 aliphatic carbocycles. The van der Waals surface area contributed by atoms with E-state index in [1.54, 1.807) is 12.3 Å². The zero-order chi connectivity index (χ0) is 16.7. The summed E-state index contributed by atoms with van der Waals surface area (Å²) in [5, 5.41) is 15.9. The number of benzene rings is 1. The van der Waals surface area contributed by atoms with Gasteiger partial charge < -0.3 is 20.2 Å². The number of aliphatic hydroxyl groups excluding tert-OH is 1. The summed E-state index contributed by atoms with van der Waals surface area (Å²) in [4.78, 5) is 12.3. The maximum Gasteiger partial charge on any atom is 0.253 e. The molecule has 0 spiro atoms. The van der Waals surface area contributed by atoms with Gasteiger partial charge in [0, 0.05) is 12.2 Å². The van der Waals surface area contributed by atoms with E-state index in [0.717, 1.165) is 11.4 Å². The molecule has 2 aromatic rings. The molecule has 0 saturated heterocycles. The van der Waals surface area contributed by atoms with Gasteiger partial charge in [0.1, 0.15) is 5.76 Å². The summed E-state index contributed by atoms with van der Waals surface area (Å²) in [5.74, 6) is 0.993. The van der Waals surface area contributed by atoms with Crippen LogP contribution in [0.5, 0.6) is 0 Å². The van der Waals surface area contributed by atoms with Crippen molar-refractivity contribution in [3.8, 4) is 0 Å². The summed E-state index contributed by atoms with van der Waals surface area (Å²) < 4.78 is 5.28. The molecular weight excluding hydrogens is 292 g/mol. The highest BCUT2D eigenvalue weighted by Gasteiger charge is 2.13. The SMILES string of the molecule is CC(C)CC(O)CNC(=O)c1ccccc1NCc1ccco1. The van der Waals surface area contributed by atoms with Crippen molar-refractivity contribution in [1.29, 1.82) is 0 Å². The second-order valence-electron chi connectivity index (χ2n) is 5.97. The van der Waals surface area contributed by atoms with Crippen molar-refractivity contribution in [2.45, 2.75) is 32.9 Å². The van der Waals surface area contributed by atoms with Crippen molar-refractivity contribution < 1.29 is 14.3 Å². The average molecular weight is 316 g/mol. The predicted octanol–water partition coefficient (Wildman–Crippen LogP) is 3.03. The van der Waals surface area contributed by atoms with E-state index in [-0.39, 0.29) is 12.5 Å². The van der Waals surface area contributed by atoms with Gasteiger partial charge in [-0.05, 0) is 36.6 Å². The largest absolute Gasteiger partial charge is 0.467 e. The molecule has 0 bridgehead atoms. The highest BCUT2D eigenvalue weighted by atomic mass is 16.3. The molecule has 0 aliphatic rings. The molecular formula is C18H24N2O3. The molecule has 5 nitrogen and oxygen atoms in total. The first-order valence-electron chi connectivity index (χ1n) is 7.87. The van der Waals surface area contributed by atoms with Crippen LogP contribution in [0, 0.1) is 5.92 Å². The lowest BCUT2D eigenvalue weighted by atomic mass is 10.1. The van der Waals surface area contributed by atoms with E-state index in [0.29, 0.717) is 24.4 Å². The number of hydrogen-bond acceptors (Lipinski definition) is 4. The molecule has 1 aromatic heterocycles. The molecule has 0 radical (unpaired) electrons. The van der Waals surface area contributed by atoms with Crippen molar-refractivity contribution in [2.24, 2.45) is 5.92 Å². The highest BCUT2D eigenvalue weighted by molar-refractivity contribution is 5.99. The number of hydrogen-bond donors (Lipinski definition) is 3. The second-order valence-corrected chi connectivity index (χ2v) is 5.97. The van der Waals surface area contributed by atoms with Gasteiger partial charge in [0.25, 0.3) is 5.91 Å². The first-order valence-corrected chi connectivity index (χ1v) is 7.87. The molecule has 1 atom stereocenters. The molecule has 2 rings (SSSR count). The van der Waals surface area contributed by atoms with E-state index in [1.165, 1.54) is 0 Å². The molecule has 3 N–H and O–H groups in total. The van der Waals surface area contributed by atoms with Gasteiger partial charge in [0.2, 0.25) is 0 Å². The Bertz CT molecular complexity index is 608. The zero-order valence-electron chi connectivity index (χ0n) is 13.6. The quantitative estimate of drug-likeness (QED) is 0.700. The van der Waals surface area contributed by atoms with Gasteiger partial charge in [-0.15, -0.1) is 0 Å². The maximum absolute atomic E-state index is 12.3. The lowest BCUT2D eigenvalue weighted by Crippen LogP contribution is -2.33. The number of carbonyl (C=O) groups excluding carboxylic acids is 1. The second kappa shape index (κ2) is 8.39. The standard InChI is InChI=1S/C18H24N2O3/c1-13(2)10-14(21)11-20-18(22)16-7-3-4-8-17(16)19-12-15-6-5-9-23-15/h3-9,13-14,19,21H,10-12H2,1-2H3,(H,20,22). The Labute approximate surface area is 136 Å². The predicted molar refractivity (Wildman–Crippen MR) is 90.3 cm³/mol. The summed E-state index contributed by atoms with van der Waals surface area (Å²) in [6.07, 6.45) is 1.76. The molecule has 0 aliphatic heterocycles. The van der Waals surface area contributed by atoms with Crippen LogP contribution in [0.2, 0.25) is 0 Å². The third-order valence-corrected chi connectivity index (χ3v) is 3.45. The summed E-state index contributed by atoms with van der Waals surface area (Å²) in [6, 6.07) is 11.0. The molecule has 23 heavy (non-hydrogen) atoms. The molecule has 0 saturated carbocycles. The normalized spacial score (nSPS) is 12.2. The minimum Gasteiger partial charge on any atom is -0.467 e. The molecule has 124 valence electrons. The van der Waals surface area contributed by atoms with Crippen LogP contribution in [-0.2, 0) is 6.54 Å². The molecule has 0 fully saturated rings. The number of aliphatic hydroxyl groups is 1. The van der Waals surface area contributed by atoms with Crippen LogP contribution < -0.4 is 10.6 Å². The van der Waals surface area contributed by atoms with Gasteiger partial charge in [0.05, 0.1) is 24.5 Å². The van der Waals surface area contributed by atoms with Crippen LogP contribution in [0.4, 0.5) is 5.69 Å². The Morgan fingerprint density at radius 1 is 1.22 bits per heavy atom. The topological polar surface area (TPSA) is 74.5 Å². The van der Waals surface area contributed by atoms with E-state index < -0.39 is 6.10 Å².